The molecule has 0 amide bonds. The van der Waals surface area contributed by atoms with E-state index in [1.165, 1.54) is 85.9 Å². The third-order valence-corrected chi connectivity index (χ3v) is 29.6. The maximum absolute atomic E-state index is 9.05. The standard InChI is InChI=1S/C18H13Br.4C18H15P.C12H11BO2.C6H4Br2.CH4.Pd/c19-18-11-5-10-17(13-18)16-9-4-8-15(12-16)14-6-2-1-3-7-14;4*1-4-10-16(11-5-1)19(17-12-6-2-7-13-17)18-14-8-3-9-15-18;14-13(15)12-8-4-7-11(9-12)10-5-2-1-3-6-10;7-5-2-1-3-6(8)4-5;;/h1-13H;4*1-15H;1-9,14-15H;1-4H;1H4;. The van der Waals surface area contributed by atoms with E-state index in [1.807, 2.05) is 78.9 Å². The molecule has 0 aliphatic heterocycles. The number of halogens is 3. The van der Waals surface area contributed by atoms with E-state index >= 15 is 0 Å². The van der Waals surface area contributed by atoms with Crippen LogP contribution in [0.4, 0.5) is 0 Å². The Bertz CT molecular complexity index is 4950. The molecule has 18 rings (SSSR count). The summed E-state index contributed by atoms with van der Waals surface area (Å²) >= 11 is 10.2. The van der Waals surface area contributed by atoms with Crippen molar-refractivity contribution in [1.29, 1.82) is 0 Å². The quantitative estimate of drug-likeness (QED) is 0.0748. The third-order valence-electron chi connectivity index (χ3n) is 18.4. The molecule has 0 saturated carbocycles. The van der Waals surface area contributed by atoms with Crippen molar-refractivity contribution in [2.45, 2.75) is 7.43 Å². The van der Waals surface area contributed by atoms with Gasteiger partial charge in [0.1, 0.15) is 0 Å². The minimum atomic E-state index is -1.41. The summed E-state index contributed by atoms with van der Waals surface area (Å²) in [5.74, 6) is 0. The van der Waals surface area contributed by atoms with Crippen molar-refractivity contribution in [1.82, 2.24) is 0 Å². The summed E-state index contributed by atoms with van der Waals surface area (Å²) in [6.07, 6.45) is 0. The van der Waals surface area contributed by atoms with Crippen LogP contribution in [0.2, 0.25) is 0 Å². The molecular weight excluding hydrogens is 1820 g/mol. The van der Waals surface area contributed by atoms with Gasteiger partial charge >= 0.3 is 7.12 Å². The topological polar surface area (TPSA) is 40.5 Å². The van der Waals surface area contributed by atoms with Gasteiger partial charge < -0.3 is 10.0 Å². The molecule has 11 heteroatoms. The predicted octanol–water partition coefficient (Wildman–Crippen LogP) is 24.4. The van der Waals surface area contributed by atoms with Gasteiger partial charge in [-0.2, -0.15) is 0 Å². The second-order valence-corrected chi connectivity index (χ2v) is 38.3. The summed E-state index contributed by atoms with van der Waals surface area (Å²) in [5.41, 5.74) is 7.53. The fourth-order valence-corrected chi connectivity index (χ4v) is 23.6. The van der Waals surface area contributed by atoms with Crippen molar-refractivity contribution in [2.24, 2.45) is 0 Å². The molecule has 0 radical (unpaired) electrons. The van der Waals surface area contributed by atoms with Crippen LogP contribution in [-0.4, -0.2) is 17.2 Å². The van der Waals surface area contributed by atoms with Gasteiger partial charge in [-0.3, -0.25) is 0 Å². The van der Waals surface area contributed by atoms with Crippen LogP contribution >= 0.6 is 79.5 Å². The normalized spacial score (nSPS) is 10.2. The molecule has 0 saturated heterocycles. The fourth-order valence-electron chi connectivity index (χ4n) is 12.9. The molecule has 120 heavy (non-hydrogen) atoms. The van der Waals surface area contributed by atoms with E-state index in [1.54, 1.807) is 12.1 Å². The first-order valence-electron chi connectivity index (χ1n) is 38.8. The maximum Gasteiger partial charge on any atom is 0.488 e. The van der Waals surface area contributed by atoms with E-state index in [0.717, 1.165) is 24.5 Å². The molecule has 0 atom stereocenters. The number of hydrogen-bond donors (Lipinski definition) is 2. The van der Waals surface area contributed by atoms with Gasteiger partial charge in [-0.05, 0) is 171 Å². The van der Waals surface area contributed by atoms with E-state index < -0.39 is 38.8 Å². The fraction of sp³-hybridized carbons (Fsp3) is 0.00917. The minimum Gasteiger partial charge on any atom is -0.423 e. The van der Waals surface area contributed by atoms with E-state index in [4.69, 9.17) is 10.0 Å². The zero-order chi connectivity index (χ0) is 81.4. The average Bonchev–Trinajstić information content (AvgIpc) is 0.835. The molecular formula is C109H92BBr3O2P4Pd. The number of rotatable bonds is 16. The van der Waals surface area contributed by atoms with Crippen LogP contribution in [0.1, 0.15) is 7.43 Å². The number of hydrogen-bond acceptors (Lipinski definition) is 2. The Morgan fingerprint density at radius 3 is 0.500 bits per heavy atom. The SMILES string of the molecule is Brc1cccc(-c2cccc(-c3ccccc3)c2)c1.Brc1cccc(Br)c1.C.OB(O)c1cccc(-c2ccccc2)c1.[Pd].c1ccc(P(c2ccccc2)c2ccccc2)cc1.c1ccc(P(c2ccccc2)c2ccccc2)cc1.c1ccc(P(c2ccccc2)c2ccccc2)cc1.c1ccc(P(c2ccccc2)c2ccccc2)cc1. The van der Waals surface area contributed by atoms with Crippen LogP contribution in [0.3, 0.4) is 0 Å². The van der Waals surface area contributed by atoms with Crippen LogP contribution < -0.4 is 69.1 Å². The van der Waals surface area contributed by atoms with Crippen molar-refractivity contribution in [3.05, 3.63) is 535 Å². The van der Waals surface area contributed by atoms with Gasteiger partial charge in [0.05, 0.1) is 0 Å². The molecule has 0 bridgehead atoms. The molecule has 0 heterocycles. The first kappa shape index (κ1) is 92.1. The van der Waals surface area contributed by atoms with Crippen molar-refractivity contribution >= 4 is 156 Å². The third kappa shape index (κ3) is 29.0. The van der Waals surface area contributed by atoms with E-state index in [-0.39, 0.29) is 27.8 Å². The summed E-state index contributed by atoms with van der Waals surface area (Å²) < 4.78 is 3.31. The summed E-state index contributed by atoms with van der Waals surface area (Å²) in [6.45, 7) is 0. The molecule has 0 unspecified atom stereocenters. The minimum absolute atomic E-state index is 0. The molecule has 0 aromatic heterocycles. The Labute approximate surface area is 755 Å². The van der Waals surface area contributed by atoms with Crippen LogP contribution in [0.5, 0.6) is 0 Å². The maximum atomic E-state index is 9.05. The van der Waals surface area contributed by atoms with Gasteiger partial charge in [0, 0.05) is 33.8 Å². The molecule has 2 nitrogen and oxygen atoms in total. The summed E-state index contributed by atoms with van der Waals surface area (Å²) in [4.78, 5) is 0. The van der Waals surface area contributed by atoms with Crippen molar-refractivity contribution in [2.75, 3.05) is 0 Å². The Morgan fingerprint density at radius 1 is 0.158 bits per heavy atom. The van der Waals surface area contributed by atoms with Crippen LogP contribution in [0.15, 0.2) is 535 Å². The first-order valence-corrected chi connectivity index (χ1v) is 46.6. The summed E-state index contributed by atoms with van der Waals surface area (Å²) in [5, 5.41) is 34.9. The van der Waals surface area contributed by atoms with Gasteiger partial charge in [0.25, 0.3) is 0 Å². The molecule has 0 fully saturated rings. The molecule has 0 aliphatic rings. The summed E-state index contributed by atoms with van der Waals surface area (Å²) in [7, 11) is -3.19. The zero-order valence-corrected chi connectivity index (χ0v) is 75.3. The van der Waals surface area contributed by atoms with E-state index in [0.29, 0.717) is 5.46 Å². The second kappa shape index (κ2) is 51.4. The molecule has 18 aromatic carbocycles. The van der Waals surface area contributed by atoms with Gasteiger partial charge in [-0.15, -0.1) is 0 Å². The monoisotopic (exact) mass is 1910 g/mol. The van der Waals surface area contributed by atoms with Crippen molar-refractivity contribution < 1.29 is 30.5 Å². The van der Waals surface area contributed by atoms with Gasteiger partial charge in [0.15, 0.2) is 0 Å². The zero-order valence-electron chi connectivity index (χ0n) is 65.4. The smallest absolute Gasteiger partial charge is 0.423 e. The van der Waals surface area contributed by atoms with Crippen LogP contribution in [0.25, 0.3) is 33.4 Å². The number of benzene rings is 18. The molecule has 594 valence electrons. The van der Waals surface area contributed by atoms with Crippen LogP contribution in [0, 0.1) is 0 Å². The first-order chi connectivity index (χ1) is 58.2. The Balaban J connectivity index is 0.000000148. The Kier molecular flexibility index (Phi) is 39.4. The largest absolute Gasteiger partial charge is 0.488 e. The molecule has 2 N–H and O–H groups in total. The Hall–Kier alpha value is -10.2. The van der Waals surface area contributed by atoms with E-state index in [2.05, 4.69) is 479 Å². The second-order valence-electron chi connectivity index (χ2n) is 26.6. The molecule has 0 aliphatic carbocycles. The van der Waals surface area contributed by atoms with Gasteiger partial charge in [-0.25, -0.2) is 0 Å². The van der Waals surface area contributed by atoms with Gasteiger partial charge in [0.2, 0.25) is 0 Å². The van der Waals surface area contributed by atoms with E-state index in [9.17, 15) is 0 Å². The summed E-state index contributed by atoms with van der Waals surface area (Å²) in [6, 6.07) is 182. The van der Waals surface area contributed by atoms with Crippen molar-refractivity contribution in [3.63, 3.8) is 0 Å². The molecule has 0 spiro atoms. The predicted molar refractivity (Wildman–Crippen MR) is 536 cm³/mol. The average molecular weight is 1910 g/mol. The van der Waals surface area contributed by atoms with Crippen LogP contribution in [-0.2, 0) is 20.4 Å². The van der Waals surface area contributed by atoms with Crippen molar-refractivity contribution in [3.8, 4) is 33.4 Å². The Morgan fingerprint density at radius 2 is 0.308 bits per heavy atom. The molecule has 18 aromatic rings. The van der Waals surface area contributed by atoms with Gasteiger partial charge in [-0.1, -0.05) is 541 Å².